The molecule has 4 heterocycles. The number of likely N-dealkylation sites (tertiary alicyclic amines) is 1. The molecule has 2 fully saturated rings. The van der Waals surface area contributed by atoms with Crippen LogP contribution >= 0.6 is 23.2 Å². The third-order valence-electron chi connectivity index (χ3n) is 8.53. The standard InChI is InChI=1S/C30H38Cl2N8O5/c1-6-23(41)35-19-15-38(28(42)18-10-8-9-11-33-18)16-20(19)39(7-2)29-34-13-17-14-40(30(43)37(3)27(17)36-29)26-24(31)21(44-4)12-22(45-5)25(26)32/h6,12-13,18-20,33H,1,7-11,14-16H2,2-5H3,(H,35,41). The summed E-state index contributed by atoms with van der Waals surface area (Å²) in [5.74, 6) is 1.10. The Morgan fingerprint density at radius 2 is 1.91 bits per heavy atom. The van der Waals surface area contributed by atoms with Crippen molar-refractivity contribution in [3.05, 3.63) is 40.5 Å². The molecule has 5 rings (SSSR count). The zero-order valence-electron chi connectivity index (χ0n) is 25.8. The molecule has 0 aliphatic carbocycles. The minimum Gasteiger partial charge on any atom is -0.495 e. The van der Waals surface area contributed by atoms with Crippen LogP contribution in [-0.4, -0.2) is 98.3 Å². The van der Waals surface area contributed by atoms with Crippen LogP contribution in [0.1, 0.15) is 31.7 Å². The van der Waals surface area contributed by atoms with Gasteiger partial charge in [-0.3, -0.25) is 19.4 Å². The van der Waals surface area contributed by atoms with Gasteiger partial charge >= 0.3 is 6.03 Å². The molecular weight excluding hydrogens is 623 g/mol. The number of piperidine rings is 1. The number of carbonyl (C=O) groups is 3. The third kappa shape index (κ3) is 6.21. The van der Waals surface area contributed by atoms with Crippen LogP contribution in [0.2, 0.25) is 10.0 Å². The van der Waals surface area contributed by atoms with Gasteiger partial charge in [-0.1, -0.05) is 36.2 Å². The first-order valence-corrected chi connectivity index (χ1v) is 15.6. The Labute approximate surface area is 272 Å². The normalized spacial score (nSPS) is 21.3. The van der Waals surface area contributed by atoms with Gasteiger partial charge in [-0.2, -0.15) is 4.98 Å². The Balaban J connectivity index is 1.45. The summed E-state index contributed by atoms with van der Waals surface area (Å²) in [5.41, 5.74) is 0.911. The summed E-state index contributed by atoms with van der Waals surface area (Å²) >= 11 is 13.3. The maximum atomic E-state index is 13.7. The molecule has 3 aliphatic rings. The molecule has 3 unspecified atom stereocenters. The van der Waals surface area contributed by atoms with Crippen LogP contribution in [-0.2, 0) is 16.1 Å². The number of fused-ring (bicyclic) bond motifs is 1. The lowest BCUT2D eigenvalue weighted by atomic mass is 10.0. The number of hydrogen-bond donors (Lipinski definition) is 2. The van der Waals surface area contributed by atoms with Gasteiger partial charge in [0.1, 0.15) is 27.4 Å². The molecule has 0 spiro atoms. The first kappa shape index (κ1) is 32.6. The Morgan fingerprint density at radius 3 is 2.51 bits per heavy atom. The highest BCUT2D eigenvalue weighted by atomic mass is 35.5. The molecule has 0 bridgehead atoms. The fraction of sp³-hybridized carbons (Fsp3) is 0.500. The predicted molar refractivity (Wildman–Crippen MR) is 173 cm³/mol. The van der Waals surface area contributed by atoms with E-state index in [4.69, 9.17) is 37.7 Å². The number of halogens is 2. The van der Waals surface area contributed by atoms with Gasteiger partial charge in [0, 0.05) is 44.5 Å². The van der Waals surface area contributed by atoms with Crippen molar-refractivity contribution in [2.75, 3.05) is 62.1 Å². The van der Waals surface area contributed by atoms with E-state index in [1.807, 2.05) is 11.8 Å². The summed E-state index contributed by atoms with van der Waals surface area (Å²) in [6.45, 7) is 7.67. The maximum absolute atomic E-state index is 13.7. The second kappa shape index (κ2) is 13.7. The van der Waals surface area contributed by atoms with Gasteiger partial charge in [-0.15, -0.1) is 0 Å². The second-order valence-electron chi connectivity index (χ2n) is 11.1. The number of likely N-dealkylation sites (N-methyl/N-ethyl adjacent to an activating group) is 1. The fourth-order valence-corrected chi connectivity index (χ4v) is 6.90. The lowest BCUT2D eigenvalue weighted by molar-refractivity contribution is -0.133. The van der Waals surface area contributed by atoms with Crippen molar-refractivity contribution in [1.29, 1.82) is 0 Å². The minimum atomic E-state index is -0.414. The van der Waals surface area contributed by atoms with Crippen LogP contribution in [0.3, 0.4) is 0 Å². The Bertz CT molecular complexity index is 1460. The highest BCUT2D eigenvalue weighted by Crippen LogP contribution is 2.47. The van der Waals surface area contributed by atoms with Gasteiger partial charge in [-0.25, -0.2) is 9.78 Å². The molecule has 3 atom stereocenters. The van der Waals surface area contributed by atoms with Crippen LogP contribution < -0.4 is 34.8 Å². The van der Waals surface area contributed by atoms with Crippen molar-refractivity contribution in [3.8, 4) is 11.5 Å². The van der Waals surface area contributed by atoms with Crippen molar-refractivity contribution >= 4 is 58.5 Å². The number of hydrogen-bond acceptors (Lipinski definition) is 9. The van der Waals surface area contributed by atoms with Gasteiger partial charge < -0.3 is 29.9 Å². The van der Waals surface area contributed by atoms with E-state index in [0.29, 0.717) is 48.5 Å². The van der Waals surface area contributed by atoms with Crippen molar-refractivity contribution < 1.29 is 23.9 Å². The van der Waals surface area contributed by atoms with Crippen LogP contribution in [0.15, 0.2) is 24.9 Å². The average molecular weight is 662 g/mol. The highest BCUT2D eigenvalue weighted by molar-refractivity contribution is 6.42. The summed E-state index contributed by atoms with van der Waals surface area (Å²) in [7, 11) is 4.54. The lowest BCUT2D eigenvalue weighted by Crippen LogP contribution is -2.52. The van der Waals surface area contributed by atoms with E-state index in [2.05, 4.69) is 22.2 Å². The Kier molecular flexibility index (Phi) is 9.90. The van der Waals surface area contributed by atoms with Gasteiger partial charge in [0.25, 0.3) is 0 Å². The zero-order chi connectivity index (χ0) is 32.4. The number of carbonyl (C=O) groups excluding carboxylic acids is 3. The number of amides is 4. The number of rotatable bonds is 9. The van der Waals surface area contributed by atoms with Crippen molar-refractivity contribution in [2.24, 2.45) is 0 Å². The van der Waals surface area contributed by atoms with Crippen LogP contribution in [0.4, 0.5) is 22.2 Å². The number of methoxy groups -OCH3 is 2. The molecule has 2 aromatic rings. The largest absolute Gasteiger partial charge is 0.495 e. The SMILES string of the molecule is C=CC(=O)NC1CN(C(=O)C2CCCCN2)CC1N(CC)c1ncc2c(n1)N(C)C(=O)N(c1c(Cl)c(OC)cc(OC)c1Cl)C2. The molecule has 1 aromatic carbocycles. The van der Waals surface area contributed by atoms with E-state index >= 15 is 0 Å². The number of nitrogens with zero attached hydrogens (tertiary/aromatic N) is 6. The quantitative estimate of drug-likeness (QED) is 0.389. The zero-order valence-corrected chi connectivity index (χ0v) is 27.3. The van der Waals surface area contributed by atoms with Gasteiger partial charge in [0.15, 0.2) is 0 Å². The minimum absolute atomic E-state index is 0.0226. The summed E-state index contributed by atoms with van der Waals surface area (Å²) < 4.78 is 10.8. The number of benzene rings is 1. The Morgan fingerprint density at radius 1 is 1.20 bits per heavy atom. The number of aromatic nitrogens is 2. The van der Waals surface area contributed by atoms with Crippen molar-refractivity contribution in [1.82, 2.24) is 25.5 Å². The van der Waals surface area contributed by atoms with Gasteiger partial charge in [0.2, 0.25) is 17.8 Å². The predicted octanol–water partition coefficient (Wildman–Crippen LogP) is 3.23. The molecule has 45 heavy (non-hydrogen) atoms. The average Bonchev–Trinajstić information content (AvgIpc) is 3.46. The summed E-state index contributed by atoms with van der Waals surface area (Å²) in [6, 6.07) is 0.209. The van der Waals surface area contributed by atoms with E-state index in [1.165, 1.54) is 30.1 Å². The third-order valence-corrected chi connectivity index (χ3v) is 9.26. The molecule has 0 radical (unpaired) electrons. The van der Waals surface area contributed by atoms with Crippen LogP contribution in [0.25, 0.3) is 0 Å². The van der Waals surface area contributed by atoms with E-state index in [9.17, 15) is 14.4 Å². The number of nitrogens with one attached hydrogen (secondary N) is 2. The molecule has 13 nitrogen and oxygen atoms in total. The first-order chi connectivity index (χ1) is 21.6. The van der Waals surface area contributed by atoms with Crippen LogP contribution in [0.5, 0.6) is 11.5 Å². The smallest absolute Gasteiger partial charge is 0.330 e. The molecule has 4 amide bonds. The van der Waals surface area contributed by atoms with Crippen LogP contribution in [0, 0.1) is 0 Å². The summed E-state index contributed by atoms with van der Waals surface area (Å²) in [4.78, 5) is 55.7. The number of anilines is 3. The van der Waals surface area contributed by atoms with Crippen molar-refractivity contribution in [3.63, 3.8) is 0 Å². The monoisotopic (exact) mass is 660 g/mol. The Hall–Kier alpha value is -3.81. The highest BCUT2D eigenvalue weighted by Gasteiger charge is 2.42. The molecule has 242 valence electrons. The molecule has 3 aliphatic heterocycles. The van der Waals surface area contributed by atoms with E-state index in [1.54, 1.807) is 24.2 Å². The summed E-state index contributed by atoms with van der Waals surface area (Å²) in [5, 5.41) is 6.66. The first-order valence-electron chi connectivity index (χ1n) is 14.9. The number of urea groups is 1. The van der Waals surface area contributed by atoms with Gasteiger partial charge in [-0.05, 0) is 32.4 Å². The molecule has 0 saturated carbocycles. The topological polar surface area (TPSA) is 132 Å². The maximum Gasteiger partial charge on any atom is 0.330 e. The molecule has 2 N–H and O–H groups in total. The van der Waals surface area contributed by atoms with Gasteiger partial charge in [0.05, 0.1) is 44.6 Å². The van der Waals surface area contributed by atoms with E-state index < -0.39 is 6.03 Å². The van der Waals surface area contributed by atoms with Crippen molar-refractivity contribution in [2.45, 2.75) is 50.9 Å². The summed E-state index contributed by atoms with van der Waals surface area (Å²) in [6.07, 6.45) is 5.71. The van der Waals surface area contributed by atoms with E-state index in [0.717, 1.165) is 25.8 Å². The second-order valence-corrected chi connectivity index (χ2v) is 11.9. The molecular formula is C30H38Cl2N8O5. The molecule has 2 saturated heterocycles. The lowest BCUT2D eigenvalue weighted by Gasteiger charge is -2.36. The molecule has 1 aromatic heterocycles. The number of ether oxygens (including phenoxy) is 2. The van der Waals surface area contributed by atoms with E-state index in [-0.39, 0.29) is 52.2 Å². The molecule has 15 heteroatoms. The fourth-order valence-electron chi connectivity index (χ4n) is 6.20.